The van der Waals surface area contributed by atoms with Gasteiger partial charge >= 0.3 is 0 Å². The lowest BCUT2D eigenvalue weighted by Crippen LogP contribution is -2.28. The summed E-state index contributed by atoms with van der Waals surface area (Å²) in [6.07, 6.45) is 1.52. The third kappa shape index (κ3) is 5.66. The number of aliphatic imine (C=N–C) groups is 1. The average molecular weight is 392 g/mol. The summed E-state index contributed by atoms with van der Waals surface area (Å²) < 4.78 is 13.5. The van der Waals surface area contributed by atoms with E-state index in [9.17, 15) is 9.50 Å². The maximum atomic E-state index is 13.5. The number of pyridine rings is 1. The van der Waals surface area contributed by atoms with Gasteiger partial charge in [0.2, 0.25) is 0 Å². The summed E-state index contributed by atoms with van der Waals surface area (Å²) in [7, 11) is 0. The normalized spacial score (nSPS) is 14.0. The Morgan fingerprint density at radius 3 is 2.67 bits per heavy atom. The van der Waals surface area contributed by atoms with E-state index in [0.29, 0.717) is 23.4 Å². The molecule has 1 atom stereocenters. The van der Waals surface area contributed by atoms with Crippen molar-refractivity contribution in [2.45, 2.75) is 53.1 Å². The first-order valence-corrected chi connectivity index (χ1v) is 10.5. The Kier molecular flexibility index (Phi) is 7.23. The molecule has 148 valence electrons. The topological polar surface area (TPSA) is 71.5 Å². The summed E-state index contributed by atoms with van der Waals surface area (Å²) in [6.45, 7) is 9.82. The molecule has 0 saturated heterocycles. The molecule has 0 amide bonds. The quantitative estimate of drug-likeness (QED) is 0.601. The highest BCUT2D eigenvalue weighted by Crippen LogP contribution is 2.33. The molecule has 0 saturated carbocycles. The number of halogens is 1. The average Bonchev–Trinajstić information content (AvgIpc) is 2.58. The molecule has 2 aromatic rings. The highest BCUT2D eigenvalue weighted by molar-refractivity contribution is 7.99. The van der Waals surface area contributed by atoms with Gasteiger partial charge in [0.25, 0.3) is 0 Å². The van der Waals surface area contributed by atoms with Crippen LogP contribution in [0.5, 0.6) is 0 Å². The van der Waals surface area contributed by atoms with Crippen LogP contribution in [0.1, 0.15) is 46.1 Å². The molecule has 1 aromatic heterocycles. The van der Waals surface area contributed by atoms with E-state index in [0.717, 1.165) is 34.6 Å². The Morgan fingerprint density at radius 2 is 2.07 bits per heavy atom. The second-order valence-electron chi connectivity index (χ2n) is 7.49. The second kappa shape index (κ2) is 9.02. The maximum absolute atomic E-state index is 13.5. The molecule has 1 heterocycles. The number of aryl methyl sites for hydroxylation is 1. The predicted octanol–water partition coefficient (Wildman–Crippen LogP) is 5.28. The minimum atomic E-state index is -0.766. The molecule has 0 bridgehead atoms. The number of hydrogen-bond donors (Lipinski definition) is 2. The largest absolute Gasteiger partial charge is 0.390 e. The van der Waals surface area contributed by atoms with Crippen LogP contribution in [0, 0.1) is 18.7 Å². The molecule has 27 heavy (non-hydrogen) atoms. The van der Waals surface area contributed by atoms with Crippen molar-refractivity contribution in [2.75, 3.05) is 17.2 Å². The molecule has 1 aromatic carbocycles. The van der Waals surface area contributed by atoms with E-state index in [4.69, 9.17) is 10.7 Å². The first kappa shape index (κ1) is 21.6. The fourth-order valence-electron chi connectivity index (χ4n) is 3.25. The van der Waals surface area contributed by atoms with Gasteiger partial charge < -0.3 is 10.8 Å². The van der Waals surface area contributed by atoms with E-state index in [1.54, 1.807) is 17.8 Å². The van der Waals surface area contributed by atoms with Crippen LogP contribution in [0.2, 0.25) is 0 Å². The Hall–Kier alpha value is -1.66. The van der Waals surface area contributed by atoms with Crippen molar-refractivity contribution in [2.24, 2.45) is 10.9 Å². The Bertz CT molecular complexity index is 830. The van der Waals surface area contributed by atoms with Gasteiger partial charge in [-0.15, -0.1) is 0 Å². The van der Waals surface area contributed by atoms with Crippen molar-refractivity contribution in [1.29, 1.82) is 0 Å². The molecule has 4 nitrogen and oxygen atoms in total. The molecule has 0 aliphatic carbocycles. The summed E-state index contributed by atoms with van der Waals surface area (Å²) in [4.78, 5) is 9.29. The second-order valence-corrected chi connectivity index (χ2v) is 8.77. The van der Waals surface area contributed by atoms with Crippen LogP contribution in [0.25, 0.3) is 10.9 Å². The molecule has 2 rings (SSSR count). The van der Waals surface area contributed by atoms with Crippen molar-refractivity contribution < 1.29 is 9.50 Å². The van der Waals surface area contributed by atoms with Gasteiger partial charge in [0, 0.05) is 28.8 Å². The summed E-state index contributed by atoms with van der Waals surface area (Å²) >= 11 is 1.80. The Labute approximate surface area is 165 Å². The van der Waals surface area contributed by atoms with Crippen LogP contribution in [0.3, 0.4) is 0 Å². The lowest BCUT2D eigenvalue weighted by atomic mass is 9.88. The molecule has 0 spiro atoms. The Balaban J connectivity index is 2.56. The van der Waals surface area contributed by atoms with Crippen molar-refractivity contribution in [3.63, 3.8) is 0 Å². The molecular weight excluding hydrogens is 361 g/mol. The molecule has 3 N–H and O–H groups in total. The molecule has 0 aliphatic rings. The first-order valence-electron chi connectivity index (χ1n) is 9.39. The lowest BCUT2D eigenvalue weighted by molar-refractivity contribution is 0.0609. The van der Waals surface area contributed by atoms with Crippen LogP contribution in [0.15, 0.2) is 23.2 Å². The molecule has 0 aliphatic heterocycles. The van der Waals surface area contributed by atoms with Crippen LogP contribution in [-0.2, 0) is 0 Å². The summed E-state index contributed by atoms with van der Waals surface area (Å²) in [5, 5.41) is 11.2. The van der Waals surface area contributed by atoms with E-state index in [-0.39, 0.29) is 11.7 Å². The molecule has 0 radical (unpaired) electrons. The van der Waals surface area contributed by atoms with Gasteiger partial charge in [-0.05, 0) is 57.1 Å². The zero-order chi connectivity index (χ0) is 20.2. The summed E-state index contributed by atoms with van der Waals surface area (Å²) in [5.74, 6) is 1.91. The molecule has 1 unspecified atom stereocenters. The monoisotopic (exact) mass is 391 g/mol. The minimum Gasteiger partial charge on any atom is -0.390 e. The zero-order valence-corrected chi connectivity index (χ0v) is 17.7. The van der Waals surface area contributed by atoms with Gasteiger partial charge in [0.15, 0.2) is 0 Å². The number of rotatable bonds is 8. The number of hydrogen-bond acceptors (Lipinski definition) is 5. The van der Waals surface area contributed by atoms with Crippen molar-refractivity contribution in [3.05, 3.63) is 29.6 Å². The number of benzene rings is 1. The van der Waals surface area contributed by atoms with E-state index < -0.39 is 5.60 Å². The van der Waals surface area contributed by atoms with Gasteiger partial charge in [0.05, 0.1) is 11.1 Å². The van der Waals surface area contributed by atoms with Crippen molar-refractivity contribution >= 4 is 39.9 Å². The number of aliphatic hydroxyl groups is 1. The number of nitrogen functional groups attached to an aromatic ring is 1. The van der Waals surface area contributed by atoms with Crippen molar-refractivity contribution in [1.82, 2.24) is 4.98 Å². The fourth-order valence-corrected chi connectivity index (χ4v) is 3.96. The number of aromatic nitrogens is 1. The molecule has 0 fully saturated rings. The van der Waals surface area contributed by atoms with E-state index in [2.05, 4.69) is 18.8 Å². The third-order valence-electron chi connectivity index (χ3n) is 4.62. The number of nitrogens with zero attached hydrogens (tertiary/aromatic N) is 2. The standard InChI is InChI=1S/C21H30FN3OS/c1-6-14(11-21(4,5)26)18(12-27-7-2)24-19-13(3)16-9-8-15(22)10-17(16)25-20(19)23/h8-10,14,26H,6-7,11-12H2,1-5H3,(H2,23,25). The van der Waals surface area contributed by atoms with Gasteiger partial charge in [-0.1, -0.05) is 13.8 Å². The summed E-state index contributed by atoms with van der Waals surface area (Å²) in [5.41, 5.74) is 8.52. The van der Waals surface area contributed by atoms with E-state index >= 15 is 0 Å². The number of nitrogens with two attached hydrogens (primary N) is 1. The first-order chi connectivity index (χ1) is 12.7. The SMILES string of the molecule is CCSCC(=Nc1c(N)nc2cc(F)ccc2c1C)C(CC)CC(C)(C)O. The number of anilines is 1. The maximum Gasteiger partial charge on any atom is 0.150 e. The number of thioether (sulfide) groups is 1. The van der Waals surface area contributed by atoms with Crippen LogP contribution in [0.4, 0.5) is 15.9 Å². The zero-order valence-electron chi connectivity index (χ0n) is 16.8. The van der Waals surface area contributed by atoms with Crippen LogP contribution in [-0.4, -0.2) is 32.9 Å². The van der Waals surface area contributed by atoms with Crippen LogP contribution < -0.4 is 5.73 Å². The smallest absolute Gasteiger partial charge is 0.150 e. The Morgan fingerprint density at radius 1 is 1.37 bits per heavy atom. The van der Waals surface area contributed by atoms with Gasteiger partial charge in [0.1, 0.15) is 17.3 Å². The fraction of sp³-hybridized carbons (Fsp3) is 0.524. The highest BCUT2D eigenvalue weighted by atomic mass is 32.2. The van der Waals surface area contributed by atoms with Gasteiger partial charge in [-0.25, -0.2) is 9.37 Å². The number of fused-ring (bicyclic) bond motifs is 1. The van der Waals surface area contributed by atoms with E-state index in [1.165, 1.54) is 12.1 Å². The third-order valence-corrected chi connectivity index (χ3v) is 5.53. The highest BCUT2D eigenvalue weighted by Gasteiger charge is 2.24. The molecular formula is C21H30FN3OS. The summed E-state index contributed by atoms with van der Waals surface area (Å²) in [6, 6.07) is 4.54. The van der Waals surface area contributed by atoms with Gasteiger partial charge in [-0.2, -0.15) is 11.8 Å². The van der Waals surface area contributed by atoms with E-state index in [1.807, 2.05) is 20.8 Å². The van der Waals surface area contributed by atoms with Crippen LogP contribution >= 0.6 is 11.8 Å². The van der Waals surface area contributed by atoms with Gasteiger partial charge in [-0.3, -0.25) is 4.99 Å². The van der Waals surface area contributed by atoms with Crippen molar-refractivity contribution in [3.8, 4) is 0 Å². The minimum absolute atomic E-state index is 0.159. The predicted molar refractivity (Wildman–Crippen MR) is 116 cm³/mol. The molecule has 6 heteroatoms. The lowest BCUT2D eigenvalue weighted by Gasteiger charge is -2.26.